The van der Waals surface area contributed by atoms with Crippen molar-refractivity contribution in [1.82, 2.24) is 15.5 Å². The van der Waals surface area contributed by atoms with Crippen LogP contribution in [0, 0.1) is 0 Å². The van der Waals surface area contributed by atoms with Gasteiger partial charge in [0, 0.05) is 26.2 Å². The molecule has 0 bridgehead atoms. The number of piperazine rings is 1. The molecule has 130 valence electrons. The van der Waals surface area contributed by atoms with Gasteiger partial charge in [0.2, 0.25) is 11.8 Å². The molecule has 2 heterocycles. The van der Waals surface area contributed by atoms with Crippen LogP contribution in [0.1, 0.15) is 26.2 Å². The van der Waals surface area contributed by atoms with Gasteiger partial charge in [-0.1, -0.05) is 0 Å². The average molecular weight is 327 g/mol. The highest BCUT2D eigenvalue weighted by Crippen LogP contribution is 2.15. The predicted octanol–water partition coefficient (Wildman–Crippen LogP) is -0.965. The summed E-state index contributed by atoms with van der Waals surface area (Å²) in [7, 11) is 0. The molecule has 2 unspecified atom stereocenters. The van der Waals surface area contributed by atoms with Gasteiger partial charge in [-0.2, -0.15) is 0 Å². The zero-order chi connectivity index (χ0) is 16.7. The van der Waals surface area contributed by atoms with Gasteiger partial charge < -0.3 is 25.0 Å². The summed E-state index contributed by atoms with van der Waals surface area (Å²) < 4.78 is 10.3. The molecular weight excluding hydrogens is 302 g/mol. The van der Waals surface area contributed by atoms with E-state index in [1.165, 1.54) is 0 Å². The molecule has 0 saturated carbocycles. The van der Waals surface area contributed by atoms with Crippen LogP contribution in [0.5, 0.6) is 0 Å². The molecule has 2 rings (SSSR count). The van der Waals surface area contributed by atoms with Crippen molar-refractivity contribution < 1.29 is 23.9 Å². The van der Waals surface area contributed by atoms with Crippen LogP contribution in [0.2, 0.25) is 0 Å². The topological polar surface area (TPSA) is 97.0 Å². The lowest BCUT2D eigenvalue weighted by molar-refractivity contribution is -0.143. The number of hydrogen-bond donors (Lipinski definition) is 2. The first kappa shape index (κ1) is 17.7. The van der Waals surface area contributed by atoms with Gasteiger partial charge in [0.25, 0.3) is 0 Å². The molecule has 0 radical (unpaired) electrons. The van der Waals surface area contributed by atoms with Crippen molar-refractivity contribution in [2.24, 2.45) is 0 Å². The SMILES string of the molecule is CCOC(=O)CNC(=O)CC1NCCN(CC2CCCO2)C1=O. The summed E-state index contributed by atoms with van der Waals surface area (Å²) in [6, 6.07) is -0.549. The third-order valence-corrected chi connectivity index (χ3v) is 3.95. The summed E-state index contributed by atoms with van der Waals surface area (Å²) in [5.74, 6) is -0.912. The molecule has 8 nitrogen and oxygen atoms in total. The number of carbonyl (C=O) groups is 3. The molecule has 0 aromatic rings. The van der Waals surface area contributed by atoms with Crippen LogP contribution >= 0.6 is 0 Å². The Hall–Kier alpha value is -1.67. The molecule has 0 aliphatic carbocycles. The first-order chi connectivity index (χ1) is 11.1. The molecular formula is C15H25N3O5. The molecule has 0 aromatic heterocycles. The fraction of sp³-hybridized carbons (Fsp3) is 0.800. The molecule has 2 atom stereocenters. The average Bonchev–Trinajstić information content (AvgIpc) is 3.03. The number of hydrogen-bond acceptors (Lipinski definition) is 6. The highest BCUT2D eigenvalue weighted by atomic mass is 16.5. The van der Waals surface area contributed by atoms with Crippen LogP contribution in [-0.4, -0.2) is 74.2 Å². The molecule has 2 N–H and O–H groups in total. The Morgan fingerprint density at radius 3 is 3.00 bits per heavy atom. The molecule has 0 spiro atoms. The zero-order valence-electron chi connectivity index (χ0n) is 13.5. The Balaban J connectivity index is 1.76. The second-order valence-corrected chi connectivity index (χ2v) is 5.71. The number of nitrogens with zero attached hydrogens (tertiary/aromatic N) is 1. The van der Waals surface area contributed by atoms with E-state index >= 15 is 0 Å². The van der Waals surface area contributed by atoms with E-state index in [4.69, 9.17) is 9.47 Å². The number of carbonyl (C=O) groups excluding carboxylic acids is 3. The van der Waals surface area contributed by atoms with Gasteiger partial charge in [-0.25, -0.2) is 0 Å². The van der Waals surface area contributed by atoms with Crippen LogP contribution < -0.4 is 10.6 Å². The van der Waals surface area contributed by atoms with E-state index in [-0.39, 0.29) is 37.5 Å². The lowest BCUT2D eigenvalue weighted by Gasteiger charge is -2.34. The third kappa shape index (κ3) is 5.47. The molecule has 0 aromatic carbocycles. The van der Waals surface area contributed by atoms with Gasteiger partial charge in [-0.3, -0.25) is 14.4 Å². The molecule has 2 fully saturated rings. The number of esters is 1. The summed E-state index contributed by atoms with van der Waals surface area (Å²) in [5.41, 5.74) is 0. The van der Waals surface area contributed by atoms with Crippen LogP contribution in [0.4, 0.5) is 0 Å². The van der Waals surface area contributed by atoms with E-state index in [1.54, 1.807) is 11.8 Å². The van der Waals surface area contributed by atoms with Gasteiger partial charge >= 0.3 is 5.97 Å². The van der Waals surface area contributed by atoms with Gasteiger partial charge in [0.05, 0.1) is 25.2 Å². The lowest BCUT2D eigenvalue weighted by Crippen LogP contribution is -2.57. The van der Waals surface area contributed by atoms with Gasteiger partial charge in [-0.05, 0) is 19.8 Å². The maximum absolute atomic E-state index is 12.4. The first-order valence-corrected chi connectivity index (χ1v) is 8.16. The minimum absolute atomic E-state index is 0.0141. The number of amides is 2. The van der Waals surface area contributed by atoms with Gasteiger partial charge in [0.1, 0.15) is 6.54 Å². The second kappa shape index (κ2) is 8.83. The first-order valence-electron chi connectivity index (χ1n) is 8.16. The normalized spacial score (nSPS) is 24.6. The van der Waals surface area contributed by atoms with E-state index in [1.807, 2.05) is 0 Å². The van der Waals surface area contributed by atoms with Crippen molar-refractivity contribution in [3.8, 4) is 0 Å². The standard InChI is InChI=1S/C15H25N3O5/c1-2-22-14(20)9-17-13(19)8-12-15(21)18(6-5-16-12)10-11-4-3-7-23-11/h11-12,16H,2-10H2,1H3,(H,17,19). The number of ether oxygens (including phenoxy) is 2. The van der Waals surface area contributed by atoms with E-state index in [9.17, 15) is 14.4 Å². The Labute approximate surface area is 135 Å². The van der Waals surface area contributed by atoms with Gasteiger partial charge in [-0.15, -0.1) is 0 Å². The van der Waals surface area contributed by atoms with Crippen molar-refractivity contribution >= 4 is 17.8 Å². The van der Waals surface area contributed by atoms with Crippen LogP contribution in [-0.2, 0) is 23.9 Å². The van der Waals surface area contributed by atoms with E-state index in [0.29, 0.717) is 19.6 Å². The number of rotatable bonds is 7. The Morgan fingerprint density at radius 2 is 2.30 bits per heavy atom. The molecule has 2 aliphatic heterocycles. The van der Waals surface area contributed by atoms with Gasteiger partial charge in [0.15, 0.2) is 0 Å². The Bertz CT molecular complexity index is 437. The third-order valence-electron chi connectivity index (χ3n) is 3.95. The van der Waals surface area contributed by atoms with Crippen molar-refractivity contribution in [1.29, 1.82) is 0 Å². The highest BCUT2D eigenvalue weighted by molar-refractivity contribution is 5.90. The van der Waals surface area contributed by atoms with E-state index in [2.05, 4.69) is 10.6 Å². The van der Waals surface area contributed by atoms with Crippen LogP contribution in [0.3, 0.4) is 0 Å². The largest absolute Gasteiger partial charge is 0.465 e. The minimum atomic E-state index is -0.549. The summed E-state index contributed by atoms with van der Waals surface area (Å²) in [5, 5.41) is 5.53. The quantitative estimate of drug-likeness (QED) is 0.584. The summed E-state index contributed by atoms with van der Waals surface area (Å²) in [6.45, 7) is 4.41. The lowest BCUT2D eigenvalue weighted by atomic mass is 10.1. The Kier molecular flexibility index (Phi) is 6.79. The molecule has 2 amide bonds. The second-order valence-electron chi connectivity index (χ2n) is 5.71. The predicted molar refractivity (Wildman–Crippen MR) is 81.6 cm³/mol. The molecule has 23 heavy (non-hydrogen) atoms. The van der Waals surface area contributed by atoms with Crippen LogP contribution in [0.15, 0.2) is 0 Å². The molecule has 2 saturated heterocycles. The van der Waals surface area contributed by atoms with Crippen molar-refractivity contribution in [2.45, 2.75) is 38.3 Å². The fourth-order valence-electron chi connectivity index (χ4n) is 2.81. The monoisotopic (exact) mass is 327 g/mol. The molecule has 8 heteroatoms. The summed E-state index contributed by atoms with van der Waals surface area (Å²) in [4.78, 5) is 37.3. The van der Waals surface area contributed by atoms with Crippen molar-refractivity contribution in [3.63, 3.8) is 0 Å². The maximum atomic E-state index is 12.4. The number of nitrogens with one attached hydrogen (secondary N) is 2. The summed E-state index contributed by atoms with van der Waals surface area (Å²) in [6.07, 6.45) is 2.13. The minimum Gasteiger partial charge on any atom is -0.465 e. The fourth-order valence-corrected chi connectivity index (χ4v) is 2.81. The van der Waals surface area contributed by atoms with Crippen LogP contribution in [0.25, 0.3) is 0 Å². The summed E-state index contributed by atoms with van der Waals surface area (Å²) >= 11 is 0. The molecule has 2 aliphatic rings. The maximum Gasteiger partial charge on any atom is 0.325 e. The van der Waals surface area contributed by atoms with E-state index in [0.717, 1.165) is 19.4 Å². The van der Waals surface area contributed by atoms with E-state index < -0.39 is 12.0 Å². The highest BCUT2D eigenvalue weighted by Gasteiger charge is 2.32. The smallest absolute Gasteiger partial charge is 0.325 e. The Morgan fingerprint density at radius 1 is 1.48 bits per heavy atom. The van der Waals surface area contributed by atoms with Crippen molar-refractivity contribution in [2.75, 3.05) is 39.4 Å². The van der Waals surface area contributed by atoms with Crippen molar-refractivity contribution in [3.05, 3.63) is 0 Å². The zero-order valence-corrected chi connectivity index (χ0v) is 13.5.